The SMILES string of the molecule is COC(=O)c1ccc(N2C3CCC2CC3)c(C#N)n1. The van der Waals surface area contributed by atoms with E-state index in [1.165, 1.54) is 32.8 Å². The minimum absolute atomic E-state index is 0.189. The van der Waals surface area contributed by atoms with E-state index in [1.807, 2.05) is 6.07 Å². The van der Waals surface area contributed by atoms with E-state index < -0.39 is 5.97 Å². The zero-order valence-electron chi connectivity index (χ0n) is 10.8. The highest BCUT2D eigenvalue weighted by molar-refractivity contribution is 5.87. The van der Waals surface area contributed by atoms with Crippen molar-refractivity contribution in [3.63, 3.8) is 0 Å². The minimum Gasteiger partial charge on any atom is -0.464 e. The highest BCUT2D eigenvalue weighted by Gasteiger charge is 2.40. The number of carbonyl (C=O) groups excluding carboxylic acids is 1. The molecule has 0 spiro atoms. The minimum atomic E-state index is -0.507. The second-order valence-electron chi connectivity index (χ2n) is 5.04. The maximum absolute atomic E-state index is 11.4. The van der Waals surface area contributed by atoms with Crippen LogP contribution >= 0.6 is 0 Å². The fourth-order valence-corrected chi connectivity index (χ4v) is 3.27. The van der Waals surface area contributed by atoms with Gasteiger partial charge in [0.1, 0.15) is 11.8 Å². The highest BCUT2D eigenvalue weighted by Crippen LogP contribution is 2.41. The number of esters is 1. The van der Waals surface area contributed by atoms with E-state index in [2.05, 4.69) is 20.7 Å². The number of aromatic nitrogens is 1. The number of carbonyl (C=O) groups is 1. The molecular weight excluding hydrogens is 242 g/mol. The molecule has 0 aliphatic carbocycles. The lowest BCUT2D eigenvalue weighted by atomic mass is 10.0. The Morgan fingerprint density at radius 3 is 2.53 bits per heavy atom. The average Bonchev–Trinajstić information content (AvgIpc) is 3.05. The predicted molar refractivity (Wildman–Crippen MR) is 68.8 cm³/mol. The molecule has 5 heteroatoms. The predicted octanol–water partition coefficient (Wildman–Crippen LogP) is 1.87. The van der Waals surface area contributed by atoms with E-state index in [9.17, 15) is 10.1 Å². The Kier molecular flexibility index (Phi) is 2.86. The normalized spacial score (nSPS) is 24.3. The molecule has 19 heavy (non-hydrogen) atoms. The average molecular weight is 257 g/mol. The monoisotopic (exact) mass is 257 g/mol. The van der Waals surface area contributed by atoms with Gasteiger partial charge in [-0.25, -0.2) is 9.78 Å². The number of methoxy groups -OCH3 is 1. The lowest BCUT2D eigenvalue weighted by molar-refractivity contribution is 0.0594. The number of hydrogen-bond acceptors (Lipinski definition) is 5. The van der Waals surface area contributed by atoms with Crippen molar-refractivity contribution in [2.24, 2.45) is 0 Å². The first-order valence-electron chi connectivity index (χ1n) is 6.52. The van der Waals surface area contributed by atoms with Crippen molar-refractivity contribution >= 4 is 11.7 Å². The van der Waals surface area contributed by atoms with Crippen LogP contribution in [0.5, 0.6) is 0 Å². The van der Waals surface area contributed by atoms with Crippen LogP contribution in [0.1, 0.15) is 41.9 Å². The largest absolute Gasteiger partial charge is 0.464 e. The molecule has 0 unspecified atom stereocenters. The molecule has 1 aromatic rings. The lowest BCUT2D eigenvalue weighted by Gasteiger charge is -2.25. The van der Waals surface area contributed by atoms with E-state index in [1.54, 1.807) is 6.07 Å². The number of fused-ring (bicyclic) bond motifs is 2. The molecule has 0 atom stereocenters. The Morgan fingerprint density at radius 1 is 1.37 bits per heavy atom. The number of ether oxygens (including phenoxy) is 1. The van der Waals surface area contributed by atoms with Gasteiger partial charge >= 0.3 is 5.97 Å². The number of rotatable bonds is 2. The molecule has 2 saturated heterocycles. The summed E-state index contributed by atoms with van der Waals surface area (Å²) in [6.45, 7) is 0. The zero-order valence-corrected chi connectivity index (χ0v) is 10.8. The third-order valence-electron chi connectivity index (χ3n) is 4.11. The summed E-state index contributed by atoms with van der Waals surface area (Å²) in [5.41, 5.74) is 1.37. The summed E-state index contributed by atoms with van der Waals surface area (Å²) >= 11 is 0. The second-order valence-corrected chi connectivity index (χ2v) is 5.04. The maximum Gasteiger partial charge on any atom is 0.356 e. The molecule has 2 bridgehead atoms. The number of nitriles is 1. The summed E-state index contributed by atoms with van der Waals surface area (Å²) in [5.74, 6) is -0.507. The van der Waals surface area contributed by atoms with Gasteiger partial charge in [-0.1, -0.05) is 0 Å². The van der Waals surface area contributed by atoms with E-state index in [-0.39, 0.29) is 5.69 Å². The summed E-state index contributed by atoms with van der Waals surface area (Å²) in [5, 5.41) is 9.26. The first kappa shape index (κ1) is 12.0. The van der Waals surface area contributed by atoms with E-state index in [4.69, 9.17) is 0 Å². The van der Waals surface area contributed by atoms with Gasteiger partial charge in [0.05, 0.1) is 12.8 Å². The van der Waals surface area contributed by atoms with Crippen molar-refractivity contribution in [2.45, 2.75) is 37.8 Å². The van der Waals surface area contributed by atoms with Gasteiger partial charge in [0.25, 0.3) is 0 Å². The number of anilines is 1. The van der Waals surface area contributed by atoms with Crippen molar-refractivity contribution in [1.82, 2.24) is 4.98 Å². The molecule has 1 aromatic heterocycles. The smallest absolute Gasteiger partial charge is 0.356 e. The second kappa shape index (κ2) is 4.54. The van der Waals surface area contributed by atoms with Gasteiger partial charge in [-0.05, 0) is 37.8 Å². The quantitative estimate of drug-likeness (QED) is 0.757. The van der Waals surface area contributed by atoms with Crippen LogP contribution in [-0.2, 0) is 4.74 Å². The van der Waals surface area contributed by atoms with Crippen molar-refractivity contribution in [3.05, 3.63) is 23.5 Å². The van der Waals surface area contributed by atoms with Crippen LogP contribution in [0.15, 0.2) is 12.1 Å². The molecule has 0 N–H and O–H groups in total. The lowest BCUT2D eigenvalue weighted by Crippen LogP contribution is -2.29. The van der Waals surface area contributed by atoms with Crippen molar-refractivity contribution in [3.8, 4) is 6.07 Å². The molecular formula is C14H15N3O2. The summed E-state index contributed by atoms with van der Waals surface area (Å²) in [4.78, 5) is 17.9. The van der Waals surface area contributed by atoms with Gasteiger partial charge in [0.15, 0.2) is 5.69 Å². The Bertz CT molecular complexity index is 544. The Morgan fingerprint density at radius 2 is 2.00 bits per heavy atom. The molecule has 98 valence electrons. The van der Waals surface area contributed by atoms with Crippen molar-refractivity contribution in [1.29, 1.82) is 5.26 Å². The fourth-order valence-electron chi connectivity index (χ4n) is 3.27. The van der Waals surface area contributed by atoms with Crippen LogP contribution in [0, 0.1) is 11.3 Å². The highest BCUT2D eigenvalue weighted by atomic mass is 16.5. The zero-order chi connectivity index (χ0) is 13.4. The summed E-state index contributed by atoms with van der Waals surface area (Å²) in [7, 11) is 1.31. The van der Waals surface area contributed by atoms with Gasteiger partial charge in [-0.2, -0.15) is 5.26 Å². The summed E-state index contributed by atoms with van der Waals surface area (Å²) in [6.07, 6.45) is 4.76. The van der Waals surface area contributed by atoms with Crippen molar-refractivity contribution < 1.29 is 9.53 Å². The van der Waals surface area contributed by atoms with Crippen LogP contribution in [0.2, 0.25) is 0 Å². The Balaban J connectivity index is 1.99. The first-order valence-corrected chi connectivity index (χ1v) is 6.52. The Hall–Kier alpha value is -2.09. The van der Waals surface area contributed by atoms with E-state index in [0.29, 0.717) is 17.8 Å². The molecule has 2 fully saturated rings. The van der Waals surface area contributed by atoms with E-state index >= 15 is 0 Å². The van der Waals surface area contributed by atoms with Crippen LogP contribution < -0.4 is 4.90 Å². The number of hydrogen-bond donors (Lipinski definition) is 0. The number of nitrogens with zero attached hydrogens (tertiary/aromatic N) is 3. The van der Waals surface area contributed by atoms with Crippen molar-refractivity contribution in [2.75, 3.05) is 12.0 Å². The van der Waals surface area contributed by atoms with Gasteiger partial charge in [0.2, 0.25) is 0 Å². The topological polar surface area (TPSA) is 66.2 Å². The van der Waals surface area contributed by atoms with Gasteiger partial charge in [-0.3, -0.25) is 0 Å². The van der Waals surface area contributed by atoms with Gasteiger partial charge in [-0.15, -0.1) is 0 Å². The summed E-state index contributed by atoms with van der Waals surface area (Å²) < 4.78 is 4.63. The third kappa shape index (κ3) is 1.84. The van der Waals surface area contributed by atoms with Gasteiger partial charge in [0, 0.05) is 12.1 Å². The third-order valence-corrected chi connectivity index (χ3v) is 4.11. The van der Waals surface area contributed by atoms with Crippen LogP contribution in [0.25, 0.3) is 0 Å². The van der Waals surface area contributed by atoms with Gasteiger partial charge < -0.3 is 9.64 Å². The molecule has 0 saturated carbocycles. The standard InChI is InChI=1S/C14H15N3O2/c1-19-14(18)11-6-7-13(12(8-15)16-11)17-9-2-3-10(17)5-4-9/h6-7,9-10H,2-5H2,1H3. The molecule has 5 nitrogen and oxygen atoms in total. The van der Waals surface area contributed by atoms with Crippen LogP contribution in [-0.4, -0.2) is 30.1 Å². The molecule has 3 heterocycles. The van der Waals surface area contributed by atoms with Crippen LogP contribution in [0.3, 0.4) is 0 Å². The molecule has 0 radical (unpaired) electrons. The maximum atomic E-state index is 11.4. The molecule has 0 aromatic carbocycles. The first-order chi connectivity index (χ1) is 9.24. The molecule has 2 aliphatic heterocycles. The molecule has 2 aliphatic rings. The Labute approximate surface area is 111 Å². The number of pyridine rings is 1. The van der Waals surface area contributed by atoms with Crippen LogP contribution in [0.4, 0.5) is 5.69 Å². The fraction of sp³-hybridized carbons (Fsp3) is 0.500. The summed E-state index contributed by atoms with van der Waals surface area (Å²) in [6, 6.07) is 6.63. The molecule has 3 rings (SSSR count). The van der Waals surface area contributed by atoms with E-state index in [0.717, 1.165) is 5.69 Å². The molecule has 0 amide bonds.